The second kappa shape index (κ2) is 11.2. The van der Waals surface area contributed by atoms with E-state index in [2.05, 4.69) is 5.32 Å². The van der Waals surface area contributed by atoms with E-state index in [4.69, 9.17) is 14.2 Å². The number of carbonyl (C=O) groups excluding carboxylic acids is 3. The van der Waals surface area contributed by atoms with Gasteiger partial charge >= 0.3 is 18.3 Å². The number of nitrogens with one attached hydrogen (secondary N) is 1. The molecule has 4 bridgehead atoms. The Kier molecular flexibility index (Phi) is 9.01. The van der Waals surface area contributed by atoms with Gasteiger partial charge in [0.25, 0.3) is 0 Å². The lowest BCUT2D eigenvalue weighted by Crippen LogP contribution is -2.64. The van der Waals surface area contributed by atoms with E-state index in [1.54, 1.807) is 4.90 Å². The van der Waals surface area contributed by atoms with Crippen molar-refractivity contribution in [3.8, 4) is 0 Å². The molecule has 0 aromatic carbocycles. The first kappa shape index (κ1) is 30.5. The van der Waals surface area contributed by atoms with Gasteiger partial charge in [-0.25, -0.2) is 19.3 Å². The Morgan fingerprint density at radius 1 is 0.684 bits per heavy atom. The van der Waals surface area contributed by atoms with Crippen molar-refractivity contribution in [2.24, 2.45) is 17.8 Å². The van der Waals surface area contributed by atoms with Crippen molar-refractivity contribution in [1.29, 1.82) is 0 Å². The summed E-state index contributed by atoms with van der Waals surface area (Å²) in [5.74, 6) is 1.87. The molecule has 38 heavy (non-hydrogen) atoms. The molecule has 0 aromatic heterocycles. The maximum atomic E-state index is 13.0. The van der Waals surface area contributed by atoms with E-state index in [-0.39, 0.29) is 11.7 Å². The fourth-order valence-electron chi connectivity index (χ4n) is 6.59. The molecule has 5 fully saturated rings. The molecule has 0 unspecified atom stereocenters. The number of hydrogen-bond donors (Lipinski definition) is 1. The molecule has 9 nitrogen and oxygen atoms in total. The molecular formula is C29H51N3O6. The van der Waals surface area contributed by atoms with Crippen molar-refractivity contribution in [2.45, 2.75) is 123 Å². The number of hydrogen-bond acceptors (Lipinski definition) is 7. The summed E-state index contributed by atoms with van der Waals surface area (Å²) >= 11 is 0. The van der Waals surface area contributed by atoms with Gasteiger partial charge in [-0.2, -0.15) is 0 Å². The zero-order valence-electron chi connectivity index (χ0n) is 25.1. The summed E-state index contributed by atoms with van der Waals surface area (Å²) in [4.78, 5) is 40.6. The van der Waals surface area contributed by atoms with Crippen LogP contribution in [0.5, 0.6) is 0 Å². The van der Waals surface area contributed by atoms with Crippen LogP contribution in [0.4, 0.5) is 14.4 Å². The maximum absolute atomic E-state index is 13.0. The van der Waals surface area contributed by atoms with Crippen LogP contribution in [0.15, 0.2) is 0 Å². The summed E-state index contributed by atoms with van der Waals surface area (Å²) < 4.78 is 16.5. The molecule has 3 amide bonds. The first-order chi connectivity index (χ1) is 17.4. The minimum Gasteiger partial charge on any atom is -0.444 e. The summed E-state index contributed by atoms with van der Waals surface area (Å²) in [5, 5.41) is 3.18. The first-order valence-corrected chi connectivity index (χ1v) is 14.3. The number of nitrogens with zero attached hydrogens (tertiary/aromatic N) is 2. The Morgan fingerprint density at radius 2 is 1.05 bits per heavy atom. The number of piperazine rings is 1. The van der Waals surface area contributed by atoms with E-state index in [1.165, 1.54) is 24.2 Å². The Hall–Kier alpha value is -2.03. The van der Waals surface area contributed by atoms with E-state index < -0.39 is 28.9 Å². The van der Waals surface area contributed by atoms with Crippen LogP contribution in [0.3, 0.4) is 0 Å². The van der Waals surface area contributed by atoms with E-state index in [1.807, 2.05) is 62.3 Å². The third-order valence-corrected chi connectivity index (χ3v) is 7.40. The fraction of sp³-hybridized carbons (Fsp3) is 0.897. The third kappa shape index (κ3) is 8.48. The topological polar surface area (TPSA) is 97.4 Å². The van der Waals surface area contributed by atoms with E-state index in [0.717, 1.165) is 45.4 Å². The molecule has 4 saturated carbocycles. The Balaban J connectivity index is 0.000000260. The standard InChI is InChI=1S/C20H33NO4.C9H18N2O2/c1-18(2,3)24-16(22)21(17(23)25-19(4,5)6)20-10-13-7-14(11-20)9-15(8-13)12-20;1-9(2,3)13-8(12)11-6-4-10-5-7-11/h13-15H,7-12H2,1-6H3;10H,4-7H2,1-3H3. The molecule has 0 aromatic rings. The lowest BCUT2D eigenvalue weighted by atomic mass is 9.52. The van der Waals surface area contributed by atoms with Crippen LogP contribution >= 0.6 is 0 Å². The second-order valence-corrected chi connectivity index (χ2v) is 14.7. The summed E-state index contributed by atoms with van der Waals surface area (Å²) in [6.45, 7) is 19.8. The molecule has 4 aliphatic carbocycles. The number of amides is 3. The van der Waals surface area contributed by atoms with Crippen LogP contribution < -0.4 is 5.32 Å². The predicted octanol–water partition coefficient (Wildman–Crippen LogP) is 5.95. The average Bonchev–Trinajstić information content (AvgIpc) is 2.69. The van der Waals surface area contributed by atoms with Crippen molar-refractivity contribution in [3.05, 3.63) is 0 Å². The van der Waals surface area contributed by atoms with E-state index in [9.17, 15) is 14.4 Å². The quantitative estimate of drug-likeness (QED) is 0.413. The minimum absolute atomic E-state index is 0.200. The van der Waals surface area contributed by atoms with Crippen molar-refractivity contribution in [3.63, 3.8) is 0 Å². The van der Waals surface area contributed by atoms with Gasteiger partial charge in [0.05, 0.1) is 5.54 Å². The molecule has 1 saturated heterocycles. The lowest BCUT2D eigenvalue weighted by molar-refractivity contribution is -0.0908. The second-order valence-electron chi connectivity index (χ2n) is 14.7. The Bertz CT molecular complexity index is 798. The molecular weight excluding hydrogens is 486 g/mol. The van der Waals surface area contributed by atoms with E-state index >= 15 is 0 Å². The molecule has 218 valence electrons. The van der Waals surface area contributed by atoms with E-state index in [0.29, 0.717) is 17.8 Å². The van der Waals surface area contributed by atoms with Gasteiger partial charge in [-0.3, -0.25) is 0 Å². The van der Waals surface area contributed by atoms with Crippen LogP contribution in [0.2, 0.25) is 0 Å². The van der Waals surface area contributed by atoms with Crippen LogP contribution in [-0.4, -0.2) is 76.6 Å². The highest BCUT2D eigenvalue weighted by Crippen LogP contribution is 2.58. The number of carbonyl (C=O) groups is 3. The molecule has 1 N–H and O–H groups in total. The van der Waals surface area contributed by atoms with Crippen LogP contribution in [0, 0.1) is 17.8 Å². The van der Waals surface area contributed by atoms with Gasteiger partial charge in [0, 0.05) is 26.2 Å². The molecule has 1 heterocycles. The Morgan fingerprint density at radius 3 is 1.39 bits per heavy atom. The largest absolute Gasteiger partial charge is 0.444 e. The number of ether oxygens (including phenoxy) is 3. The molecule has 0 radical (unpaired) electrons. The normalized spacial score (nSPS) is 28.7. The zero-order chi connectivity index (χ0) is 28.5. The molecule has 9 heteroatoms. The highest BCUT2D eigenvalue weighted by atomic mass is 16.6. The Labute approximate surface area is 229 Å². The number of imide groups is 1. The van der Waals surface area contributed by atoms with Gasteiger partial charge in [-0.15, -0.1) is 0 Å². The van der Waals surface area contributed by atoms with Gasteiger partial charge in [0.2, 0.25) is 0 Å². The van der Waals surface area contributed by atoms with Gasteiger partial charge in [0.15, 0.2) is 0 Å². The summed E-state index contributed by atoms with van der Waals surface area (Å²) in [5.41, 5.74) is -2.08. The van der Waals surface area contributed by atoms with Gasteiger partial charge in [-0.05, 0) is 119 Å². The van der Waals surface area contributed by atoms with Crippen molar-refractivity contribution >= 4 is 18.3 Å². The summed E-state index contributed by atoms with van der Waals surface area (Å²) in [6, 6.07) is 0. The van der Waals surface area contributed by atoms with Crippen molar-refractivity contribution in [1.82, 2.24) is 15.1 Å². The van der Waals surface area contributed by atoms with Crippen molar-refractivity contribution < 1.29 is 28.6 Å². The molecule has 1 aliphatic heterocycles. The highest BCUT2D eigenvalue weighted by Gasteiger charge is 2.58. The van der Waals surface area contributed by atoms with Crippen LogP contribution in [0.1, 0.15) is 101 Å². The molecule has 0 spiro atoms. The lowest BCUT2D eigenvalue weighted by Gasteiger charge is -2.59. The SMILES string of the molecule is CC(C)(C)OC(=O)N(C(=O)OC(C)(C)C)C12CC3CC(CC(C3)C1)C2.CC(C)(C)OC(=O)N1CCNCC1. The molecule has 0 atom stereocenters. The minimum atomic E-state index is -0.639. The van der Waals surface area contributed by atoms with Gasteiger partial charge in [0.1, 0.15) is 16.8 Å². The highest BCUT2D eigenvalue weighted by molar-refractivity contribution is 5.89. The monoisotopic (exact) mass is 537 g/mol. The first-order valence-electron chi connectivity index (χ1n) is 14.3. The predicted molar refractivity (Wildman–Crippen MR) is 146 cm³/mol. The summed E-state index contributed by atoms with van der Waals surface area (Å²) in [6.07, 6.45) is 5.13. The van der Waals surface area contributed by atoms with Crippen molar-refractivity contribution in [2.75, 3.05) is 26.2 Å². The van der Waals surface area contributed by atoms with Gasteiger partial charge in [-0.1, -0.05) is 0 Å². The molecule has 5 rings (SSSR count). The fourth-order valence-corrected chi connectivity index (χ4v) is 6.59. The average molecular weight is 538 g/mol. The van der Waals surface area contributed by atoms with Crippen LogP contribution in [0.25, 0.3) is 0 Å². The molecule has 5 aliphatic rings. The zero-order valence-corrected chi connectivity index (χ0v) is 25.1. The van der Waals surface area contributed by atoms with Crippen LogP contribution in [-0.2, 0) is 14.2 Å². The number of rotatable bonds is 1. The van der Waals surface area contributed by atoms with Gasteiger partial charge < -0.3 is 24.4 Å². The smallest absolute Gasteiger partial charge is 0.420 e. The summed E-state index contributed by atoms with van der Waals surface area (Å²) in [7, 11) is 0. The third-order valence-electron chi connectivity index (χ3n) is 7.40. The maximum Gasteiger partial charge on any atom is 0.420 e.